The van der Waals surface area contributed by atoms with Crippen LogP contribution < -0.4 is 9.64 Å². The van der Waals surface area contributed by atoms with E-state index in [9.17, 15) is 0 Å². The highest BCUT2D eigenvalue weighted by Crippen LogP contribution is 2.20. The minimum Gasteiger partial charge on any atom is -0.481 e. The van der Waals surface area contributed by atoms with Gasteiger partial charge in [0, 0.05) is 44.5 Å². The third kappa shape index (κ3) is 3.79. The van der Waals surface area contributed by atoms with E-state index in [2.05, 4.69) is 57.0 Å². The number of benzene rings is 1. The number of nitrogens with zero attached hydrogens (tertiary/aromatic N) is 4. The minimum absolute atomic E-state index is 0.513. The summed E-state index contributed by atoms with van der Waals surface area (Å²) in [5, 5.41) is 0. The van der Waals surface area contributed by atoms with Crippen LogP contribution in [0.2, 0.25) is 0 Å². The zero-order valence-electron chi connectivity index (χ0n) is 13.9. The predicted octanol–water partition coefficient (Wildman–Crippen LogP) is 2.59. The molecule has 1 aromatic heterocycles. The van der Waals surface area contributed by atoms with Crippen molar-refractivity contribution in [3.05, 3.63) is 48.2 Å². The summed E-state index contributed by atoms with van der Waals surface area (Å²) in [6, 6.07) is 13.0. The van der Waals surface area contributed by atoms with E-state index >= 15 is 0 Å². The van der Waals surface area contributed by atoms with Gasteiger partial charge in [0.05, 0.1) is 7.11 Å². The lowest BCUT2D eigenvalue weighted by Crippen LogP contribution is -2.53. The van der Waals surface area contributed by atoms with Gasteiger partial charge in [0.2, 0.25) is 11.8 Å². The lowest BCUT2D eigenvalue weighted by molar-refractivity contribution is 0.163. The second kappa shape index (κ2) is 7.42. The summed E-state index contributed by atoms with van der Waals surface area (Å²) in [5.74, 6) is 1.39. The van der Waals surface area contributed by atoms with Crippen molar-refractivity contribution in [1.82, 2.24) is 14.9 Å². The standard InChI is InChI=1S/C18H24N4O/c1-3-16-14-22(18-19-10-9-17(20-18)23-2)12-11-21(16)13-15-7-5-4-6-8-15/h4-10,16H,3,11-14H2,1-2H3. The maximum atomic E-state index is 5.21. The zero-order chi connectivity index (χ0) is 16.1. The van der Waals surface area contributed by atoms with Crippen molar-refractivity contribution in [2.45, 2.75) is 25.9 Å². The van der Waals surface area contributed by atoms with Gasteiger partial charge >= 0.3 is 0 Å². The van der Waals surface area contributed by atoms with E-state index in [-0.39, 0.29) is 0 Å². The first-order valence-corrected chi connectivity index (χ1v) is 8.20. The zero-order valence-corrected chi connectivity index (χ0v) is 13.9. The van der Waals surface area contributed by atoms with E-state index in [4.69, 9.17) is 4.74 Å². The van der Waals surface area contributed by atoms with Crippen molar-refractivity contribution < 1.29 is 4.74 Å². The molecule has 2 aromatic rings. The van der Waals surface area contributed by atoms with Crippen LogP contribution in [0.15, 0.2) is 42.6 Å². The van der Waals surface area contributed by atoms with Gasteiger partial charge in [-0.3, -0.25) is 4.90 Å². The topological polar surface area (TPSA) is 41.5 Å². The van der Waals surface area contributed by atoms with Crippen LogP contribution in [0.4, 0.5) is 5.95 Å². The van der Waals surface area contributed by atoms with Crippen LogP contribution >= 0.6 is 0 Å². The fraction of sp³-hybridized carbons (Fsp3) is 0.444. The molecule has 1 aromatic carbocycles. The normalized spacial score (nSPS) is 18.9. The number of ether oxygens (including phenoxy) is 1. The Morgan fingerprint density at radius 3 is 2.74 bits per heavy atom. The summed E-state index contributed by atoms with van der Waals surface area (Å²) in [6.07, 6.45) is 2.88. The molecule has 122 valence electrons. The fourth-order valence-electron chi connectivity index (χ4n) is 3.09. The molecule has 1 saturated heterocycles. The van der Waals surface area contributed by atoms with Crippen molar-refractivity contribution in [1.29, 1.82) is 0 Å². The van der Waals surface area contributed by atoms with Crippen molar-refractivity contribution in [3.63, 3.8) is 0 Å². The first-order chi connectivity index (χ1) is 11.3. The molecule has 0 aliphatic carbocycles. The van der Waals surface area contributed by atoms with Crippen molar-refractivity contribution in [2.24, 2.45) is 0 Å². The lowest BCUT2D eigenvalue weighted by atomic mass is 10.1. The molecule has 23 heavy (non-hydrogen) atoms. The van der Waals surface area contributed by atoms with Crippen LogP contribution in [0.25, 0.3) is 0 Å². The van der Waals surface area contributed by atoms with Gasteiger partial charge in [-0.05, 0) is 12.0 Å². The molecule has 0 saturated carbocycles. The molecule has 2 heterocycles. The van der Waals surface area contributed by atoms with Gasteiger partial charge in [-0.25, -0.2) is 4.98 Å². The number of hydrogen-bond acceptors (Lipinski definition) is 5. The Balaban J connectivity index is 1.68. The van der Waals surface area contributed by atoms with Gasteiger partial charge in [-0.15, -0.1) is 0 Å². The highest BCUT2D eigenvalue weighted by molar-refractivity contribution is 5.33. The van der Waals surface area contributed by atoms with E-state index < -0.39 is 0 Å². The number of hydrogen-bond donors (Lipinski definition) is 0. The summed E-state index contributed by atoms with van der Waals surface area (Å²) in [7, 11) is 1.64. The molecule has 1 atom stereocenters. The van der Waals surface area contributed by atoms with Gasteiger partial charge in [0.25, 0.3) is 0 Å². The van der Waals surface area contributed by atoms with Gasteiger partial charge in [0.1, 0.15) is 0 Å². The number of aromatic nitrogens is 2. The van der Waals surface area contributed by atoms with Gasteiger partial charge < -0.3 is 9.64 Å². The summed E-state index contributed by atoms with van der Waals surface area (Å²) in [6.45, 7) is 6.17. The Kier molecular flexibility index (Phi) is 5.08. The van der Waals surface area contributed by atoms with Crippen LogP contribution in [-0.4, -0.2) is 47.7 Å². The Labute approximate surface area is 137 Å². The second-order valence-electron chi connectivity index (χ2n) is 5.86. The maximum Gasteiger partial charge on any atom is 0.228 e. The SMILES string of the molecule is CCC1CN(c2nccc(OC)n2)CCN1Cc1ccccc1. The van der Waals surface area contributed by atoms with Crippen molar-refractivity contribution in [3.8, 4) is 5.88 Å². The Bertz CT molecular complexity index is 619. The van der Waals surface area contributed by atoms with Crippen LogP contribution in [-0.2, 0) is 6.54 Å². The fourth-order valence-corrected chi connectivity index (χ4v) is 3.09. The van der Waals surface area contributed by atoms with E-state index in [1.54, 1.807) is 19.4 Å². The van der Waals surface area contributed by atoms with E-state index in [1.165, 1.54) is 5.56 Å². The molecule has 1 aliphatic heterocycles. The Hall–Kier alpha value is -2.14. The molecule has 5 heteroatoms. The Morgan fingerprint density at radius 1 is 1.17 bits per heavy atom. The van der Waals surface area contributed by atoms with E-state index in [0.29, 0.717) is 11.9 Å². The summed E-state index contributed by atoms with van der Waals surface area (Å²) >= 11 is 0. The monoisotopic (exact) mass is 312 g/mol. The average Bonchev–Trinajstić information content (AvgIpc) is 2.63. The molecule has 3 rings (SSSR count). The van der Waals surface area contributed by atoms with Gasteiger partial charge in [-0.2, -0.15) is 4.98 Å². The molecule has 1 unspecified atom stereocenters. The van der Waals surface area contributed by atoms with Gasteiger partial charge in [-0.1, -0.05) is 37.3 Å². The molecule has 0 spiro atoms. The molecular weight excluding hydrogens is 288 g/mol. The highest BCUT2D eigenvalue weighted by Gasteiger charge is 2.27. The molecule has 0 radical (unpaired) electrons. The lowest BCUT2D eigenvalue weighted by Gasteiger charge is -2.41. The maximum absolute atomic E-state index is 5.21. The first kappa shape index (κ1) is 15.7. The third-order valence-electron chi connectivity index (χ3n) is 4.41. The van der Waals surface area contributed by atoms with Crippen LogP contribution in [0.5, 0.6) is 5.88 Å². The Morgan fingerprint density at radius 2 is 2.00 bits per heavy atom. The molecule has 0 bridgehead atoms. The number of rotatable bonds is 5. The molecule has 0 N–H and O–H groups in total. The highest BCUT2D eigenvalue weighted by atomic mass is 16.5. The van der Waals surface area contributed by atoms with Crippen LogP contribution in [0, 0.1) is 0 Å². The van der Waals surface area contributed by atoms with Crippen molar-refractivity contribution >= 4 is 5.95 Å². The smallest absolute Gasteiger partial charge is 0.228 e. The largest absolute Gasteiger partial charge is 0.481 e. The summed E-state index contributed by atoms with van der Waals surface area (Å²) in [5.41, 5.74) is 1.37. The van der Waals surface area contributed by atoms with E-state index in [0.717, 1.165) is 38.5 Å². The first-order valence-electron chi connectivity index (χ1n) is 8.20. The van der Waals surface area contributed by atoms with E-state index in [1.807, 2.05) is 0 Å². The van der Waals surface area contributed by atoms with Crippen LogP contribution in [0.1, 0.15) is 18.9 Å². The molecule has 0 amide bonds. The molecule has 1 aliphatic rings. The van der Waals surface area contributed by atoms with Crippen molar-refractivity contribution in [2.75, 3.05) is 31.6 Å². The summed E-state index contributed by atoms with van der Waals surface area (Å²) < 4.78 is 5.21. The molecule has 5 nitrogen and oxygen atoms in total. The number of piperazine rings is 1. The third-order valence-corrected chi connectivity index (χ3v) is 4.41. The minimum atomic E-state index is 0.513. The number of anilines is 1. The van der Waals surface area contributed by atoms with Gasteiger partial charge in [0.15, 0.2) is 0 Å². The second-order valence-corrected chi connectivity index (χ2v) is 5.86. The molecular formula is C18H24N4O. The van der Waals surface area contributed by atoms with Crippen LogP contribution in [0.3, 0.4) is 0 Å². The quantitative estimate of drug-likeness (QED) is 0.849. The average molecular weight is 312 g/mol. The predicted molar refractivity (Wildman–Crippen MR) is 91.7 cm³/mol. The summed E-state index contributed by atoms with van der Waals surface area (Å²) in [4.78, 5) is 13.7. The molecule has 1 fully saturated rings. The number of methoxy groups -OCH3 is 1.